The molecular weight excluding hydrogens is 356 g/mol. The number of benzene rings is 1. The Morgan fingerprint density at radius 3 is 2.85 bits per heavy atom. The molecule has 0 saturated carbocycles. The van der Waals surface area contributed by atoms with Gasteiger partial charge in [-0.05, 0) is 43.4 Å². The number of hydrogen-bond donors (Lipinski definition) is 1. The lowest BCUT2D eigenvalue weighted by Crippen LogP contribution is -2.23. The van der Waals surface area contributed by atoms with E-state index in [2.05, 4.69) is 4.98 Å². The number of aryl methyl sites for hydroxylation is 1. The molecule has 0 fully saturated rings. The number of ether oxygens (including phenoxy) is 1. The summed E-state index contributed by atoms with van der Waals surface area (Å²) >= 11 is 0. The molecule has 0 amide bonds. The fraction of sp³-hybridized carbons (Fsp3) is 0.368. The van der Waals surface area contributed by atoms with Crippen LogP contribution >= 0.6 is 12.4 Å². The van der Waals surface area contributed by atoms with Gasteiger partial charge in [-0.25, -0.2) is 9.78 Å². The lowest BCUT2D eigenvalue weighted by Gasteiger charge is -2.19. The molecule has 1 N–H and O–H groups in total. The largest absolute Gasteiger partial charge is 0.490 e. The van der Waals surface area contributed by atoms with Gasteiger partial charge in [-0.3, -0.25) is 0 Å². The first-order valence-electron chi connectivity index (χ1n) is 8.56. The zero-order chi connectivity index (χ0) is 17.2. The van der Waals surface area contributed by atoms with E-state index in [-0.39, 0.29) is 24.6 Å². The van der Waals surface area contributed by atoms with Crippen molar-refractivity contribution in [3.63, 3.8) is 0 Å². The second-order valence-electron chi connectivity index (χ2n) is 6.41. The fourth-order valence-corrected chi connectivity index (χ4v) is 3.46. The standard InChI is InChI=1S/C19H20N2O4.ClH/c22-13(10-21-9-8-20-12-21)11-24-16-6-3-7-17-18(16)14-4-1-2-5-15(14)19(23)25-17;/h3,6-9,12-13,22H,1-2,4-5,10-11H2;1H. The molecule has 4 rings (SSSR count). The van der Waals surface area contributed by atoms with E-state index in [4.69, 9.17) is 9.15 Å². The summed E-state index contributed by atoms with van der Waals surface area (Å²) in [4.78, 5) is 16.1. The molecule has 1 aromatic carbocycles. The van der Waals surface area contributed by atoms with Gasteiger partial charge >= 0.3 is 5.63 Å². The predicted molar refractivity (Wildman–Crippen MR) is 100 cm³/mol. The number of aromatic nitrogens is 2. The second-order valence-corrected chi connectivity index (χ2v) is 6.41. The van der Waals surface area contributed by atoms with Crippen LogP contribution in [0, 0.1) is 0 Å². The first kappa shape index (κ1) is 18.5. The van der Waals surface area contributed by atoms with Gasteiger partial charge in [-0.15, -0.1) is 12.4 Å². The summed E-state index contributed by atoms with van der Waals surface area (Å²) in [6.45, 7) is 0.573. The molecule has 1 aliphatic rings. The van der Waals surface area contributed by atoms with E-state index in [9.17, 15) is 9.90 Å². The molecule has 2 heterocycles. The van der Waals surface area contributed by atoms with Crippen LogP contribution < -0.4 is 10.4 Å². The monoisotopic (exact) mass is 376 g/mol. The van der Waals surface area contributed by atoms with Crippen molar-refractivity contribution < 1.29 is 14.3 Å². The summed E-state index contributed by atoms with van der Waals surface area (Å²) in [5.41, 5.74) is 2.12. The van der Waals surface area contributed by atoms with Crippen LogP contribution in [0.1, 0.15) is 24.0 Å². The van der Waals surface area contributed by atoms with Crippen LogP contribution in [0.5, 0.6) is 5.75 Å². The van der Waals surface area contributed by atoms with Crippen molar-refractivity contribution in [1.29, 1.82) is 0 Å². The SMILES string of the molecule is Cl.O=c1oc2cccc(OCC(O)Cn3ccnc3)c2c2c1CCCC2. The van der Waals surface area contributed by atoms with E-state index in [0.29, 0.717) is 17.9 Å². The smallest absolute Gasteiger partial charge is 0.339 e. The average Bonchev–Trinajstić information content (AvgIpc) is 3.13. The van der Waals surface area contributed by atoms with Crippen LogP contribution in [0.2, 0.25) is 0 Å². The Kier molecular flexibility index (Phi) is 5.64. The van der Waals surface area contributed by atoms with Crippen LogP contribution in [0.4, 0.5) is 0 Å². The molecule has 0 aliphatic heterocycles. The summed E-state index contributed by atoms with van der Waals surface area (Å²) in [5, 5.41) is 11.1. The minimum atomic E-state index is -0.656. The second kappa shape index (κ2) is 7.93. The highest BCUT2D eigenvalue weighted by atomic mass is 35.5. The number of halogens is 1. The number of aliphatic hydroxyl groups is 1. The third kappa shape index (κ3) is 3.61. The van der Waals surface area contributed by atoms with Crippen molar-refractivity contribution in [2.75, 3.05) is 6.61 Å². The number of hydrogen-bond acceptors (Lipinski definition) is 5. The molecule has 1 unspecified atom stereocenters. The Balaban J connectivity index is 0.00000196. The average molecular weight is 377 g/mol. The zero-order valence-electron chi connectivity index (χ0n) is 14.3. The Morgan fingerprint density at radius 1 is 1.27 bits per heavy atom. The van der Waals surface area contributed by atoms with E-state index in [0.717, 1.165) is 42.2 Å². The van der Waals surface area contributed by atoms with Gasteiger partial charge in [0.25, 0.3) is 0 Å². The fourth-order valence-electron chi connectivity index (χ4n) is 3.46. The zero-order valence-corrected chi connectivity index (χ0v) is 15.1. The van der Waals surface area contributed by atoms with Crippen molar-refractivity contribution in [2.45, 2.75) is 38.3 Å². The van der Waals surface area contributed by atoms with E-state index in [1.807, 2.05) is 6.07 Å². The topological polar surface area (TPSA) is 77.5 Å². The van der Waals surface area contributed by atoms with Crippen LogP contribution in [0.25, 0.3) is 11.0 Å². The maximum atomic E-state index is 12.2. The van der Waals surface area contributed by atoms with Gasteiger partial charge in [0, 0.05) is 18.0 Å². The van der Waals surface area contributed by atoms with Crippen molar-refractivity contribution >= 4 is 23.4 Å². The van der Waals surface area contributed by atoms with Gasteiger partial charge < -0.3 is 18.8 Å². The van der Waals surface area contributed by atoms with Gasteiger partial charge in [-0.2, -0.15) is 0 Å². The van der Waals surface area contributed by atoms with Gasteiger partial charge in [0.2, 0.25) is 0 Å². The van der Waals surface area contributed by atoms with E-state index in [1.165, 1.54) is 0 Å². The summed E-state index contributed by atoms with van der Waals surface area (Å²) in [6.07, 6.45) is 8.15. The van der Waals surface area contributed by atoms with Crippen molar-refractivity contribution in [3.05, 3.63) is 58.5 Å². The minimum Gasteiger partial charge on any atom is -0.490 e. The first-order valence-corrected chi connectivity index (χ1v) is 8.56. The predicted octanol–water partition coefficient (Wildman–Crippen LogP) is 2.73. The van der Waals surface area contributed by atoms with Crippen LogP contribution in [-0.2, 0) is 19.4 Å². The van der Waals surface area contributed by atoms with E-state index >= 15 is 0 Å². The highest BCUT2D eigenvalue weighted by Gasteiger charge is 2.20. The lowest BCUT2D eigenvalue weighted by atomic mass is 9.90. The number of fused-ring (bicyclic) bond motifs is 3. The Bertz CT molecular complexity index is 937. The van der Waals surface area contributed by atoms with E-state index in [1.54, 1.807) is 35.4 Å². The summed E-state index contributed by atoms with van der Waals surface area (Å²) in [5.74, 6) is 0.657. The summed E-state index contributed by atoms with van der Waals surface area (Å²) in [6, 6.07) is 5.46. The number of imidazole rings is 1. The molecule has 3 aromatic rings. The molecule has 0 saturated heterocycles. The van der Waals surface area contributed by atoms with Crippen molar-refractivity contribution in [2.24, 2.45) is 0 Å². The molecule has 0 radical (unpaired) electrons. The normalized spacial score (nSPS) is 14.5. The lowest BCUT2D eigenvalue weighted by molar-refractivity contribution is 0.0931. The summed E-state index contributed by atoms with van der Waals surface area (Å²) in [7, 11) is 0. The molecular formula is C19H21ClN2O4. The van der Waals surface area contributed by atoms with Crippen molar-refractivity contribution in [1.82, 2.24) is 9.55 Å². The minimum absolute atomic E-state index is 0. The third-order valence-corrected chi connectivity index (χ3v) is 4.62. The molecule has 1 atom stereocenters. The number of aliphatic hydroxyl groups excluding tert-OH is 1. The van der Waals surface area contributed by atoms with Crippen molar-refractivity contribution in [3.8, 4) is 5.75 Å². The van der Waals surface area contributed by atoms with Gasteiger partial charge in [0.1, 0.15) is 24.0 Å². The van der Waals surface area contributed by atoms with Gasteiger partial charge in [-0.1, -0.05) is 6.07 Å². The van der Waals surface area contributed by atoms with Crippen LogP contribution in [0.15, 0.2) is 46.1 Å². The molecule has 26 heavy (non-hydrogen) atoms. The molecule has 0 spiro atoms. The maximum absolute atomic E-state index is 12.2. The van der Waals surface area contributed by atoms with E-state index < -0.39 is 6.10 Å². The highest BCUT2D eigenvalue weighted by molar-refractivity contribution is 5.88. The maximum Gasteiger partial charge on any atom is 0.339 e. The third-order valence-electron chi connectivity index (χ3n) is 4.62. The molecule has 6 nitrogen and oxygen atoms in total. The first-order chi connectivity index (χ1) is 12.2. The molecule has 1 aliphatic carbocycles. The number of rotatable bonds is 5. The molecule has 0 bridgehead atoms. The molecule has 138 valence electrons. The quantitative estimate of drug-likeness (QED) is 0.693. The highest BCUT2D eigenvalue weighted by Crippen LogP contribution is 2.33. The number of nitrogens with zero attached hydrogens (tertiary/aromatic N) is 2. The van der Waals surface area contributed by atoms with Gasteiger partial charge in [0.15, 0.2) is 0 Å². The Morgan fingerprint density at radius 2 is 2.08 bits per heavy atom. The summed E-state index contributed by atoms with van der Waals surface area (Å²) < 4.78 is 13.2. The molecule has 2 aromatic heterocycles. The Hall–Kier alpha value is -2.31. The Labute approximate surface area is 156 Å². The van der Waals surface area contributed by atoms with Crippen LogP contribution in [-0.4, -0.2) is 27.4 Å². The van der Waals surface area contributed by atoms with Crippen LogP contribution in [0.3, 0.4) is 0 Å². The van der Waals surface area contributed by atoms with Gasteiger partial charge in [0.05, 0.1) is 18.3 Å². The molecule has 7 heteroatoms.